The molecule has 1 amide bonds. The molecule has 6 atom stereocenters. The summed E-state index contributed by atoms with van der Waals surface area (Å²) in [5, 5.41) is 14.5. The molecule has 4 aliphatic rings. The van der Waals surface area contributed by atoms with Crippen LogP contribution in [0.5, 0.6) is 0 Å². The molecule has 1 aromatic rings. The molecule has 0 bridgehead atoms. The molecule has 1 aromatic heterocycles. The Morgan fingerprint density at radius 3 is 2.64 bits per heavy atom. The van der Waals surface area contributed by atoms with Crippen LogP contribution in [0.1, 0.15) is 83.6 Å². The van der Waals surface area contributed by atoms with Crippen LogP contribution in [-0.4, -0.2) is 45.7 Å². The summed E-state index contributed by atoms with van der Waals surface area (Å²) >= 11 is 0. The summed E-state index contributed by atoms with van der Waals surface area (Å²) in [7, 11) is 0. The van der Waals surface area contributed by atoms with Crippen molar-refractivity contribution in [2.75, 3.05) is 6.61 Å². The molecule has 8 nitrogen and oxygen atoms in total. The second kappa shape index (κ2) is 10.6. The first-order valence-corrected chi connectivity index (χ1v) is 14.4. The monoisotopic (exact) mass is 536 g/mol. The van der Waals surface area contributed by atoms with E-state index in [-0.39, 0.29) is 35.9 Å². The number of aromatic nitrogens is 1. The molecule has 0 aliphatic heterocycles. The van der Waals surface area contributed by atoms with Gasteiger partial charge in [0.1, 0.15) is 5.60 Å². The fourth-order valence-corrected chi connectivity index (χ4v) is 8.38. The Kier molecular flexibility index (Phi) is 7.53. The highest BCUT2D eigenvalue weighted by molar-refractivity contribution is 5.92. The maximum atomic E-state index is 13.4. The number of ketones is 2. The Bertz CT molecular complexity index is 1180. The molecular weight excluding hydrogens is 496 g/mol. The van der Waals surface area contributed by atoms with Gasteiger partial charge in [0.15, 0.2) is 12.4 Å². The van der Waals surface area contributed by atoms with Crippen LogP contribution in [0.2, 0.25) is 0 Å². The molecule has 0 spiro atoms. The second-order valence-corrected chi connectivity index (χ2v) is 12.5. The van der Waals surface area contributed by atoms with Gasteiger partial charge in [-0.15, -0.1) is 0 Å². The van der Waals surface area contributed by atoms with E-state index in [9.17, 15) is 24.3 Å². The molecule has 5 rings (SSSR count). The van der Waals surface area contributed by atoms with E-state index in [1.165, 1.54) is 5.57 Å². The van der Waals surface area contributed by atoms with Gasteiger partial charge >= 0.3 is 5.97 Å². The zero-order valence-corrected chi connectivity index (χ0v) is 23.0. The number of nitrogens with zero attached hydrogens (tertiary/aromatic N) is 1. The van der Waals surface area contributed by atoms with Crippen LogP contribution < -0.4 is 5.32 Å². The van der Waals surface area contributed by atoms with Crippen molar-refractivity contribution in [2.45, 2.75) is 90.2 Å². The number of ether oxygens (including phenoxy) is 1. The normalized spacial score (nSPS) is 35.2. The van der Waals surface area contributed by atoms with Crippen LogP contribution in [0.4, 0.5) is 0 Å². The summed E-state index contributed by atoms with van der Waals surface area (Å²) in [6, 6.07) is 3.63. The number of allylic oxidation sites excluding steroid dienone is 1. The van der Waals surface area contributed by atoms with Crippen molar-refractivity contribution in [3.05, 3.63) is 41.7 Å². The molecular formula is C31H40N2O6. The number of Topliss-reactive ketones (excluding diaryl/α,β-unsaturated/α-hetero) is 1. The molecule has 210 valence electrons. The molecule has 3 saturated carbocycles. The number of rotatable bonds is 8. The van der Waals surface area contributed by atoms with E-state index < -0.39 is 29.4 Å². The van der Waals surface area contributed by atoms with Gasteiger partial charge in [-0.05, 0) is 85.8 Å². The lowest BCUT2D eigenvalue weighted by Gasteiger charge is -2.58. The lowest BCUT2D eigenvalue weighted by Crippen LogP contribution is -2.58. The maximum Gasteiger partial charge on any atom is 0.306 e. The summed E-state index contributed by atoms with van der Waals surface area (Å²) < 4.78 is 5.24. The molecule has 0 radical (unpaired) electrons. The minimum absolute atomic E-state index is 0.0304. The number of esters is 1. The molecule has 8 heteroatoms. The number of pyridine rings is 1. The number of hydrogen-bond acceptors (Lipinski definition) is 7. The summed E-state index contributed by atoms with van der Waals surface area (Å²) in [4.78, 5) is 53.8. The largest absolute Gasteiger partial charge is 0.458 e. The average molecular weight is 537 g/mol. The van der Waals surface area contributed by atoms with E-state index in [2.05, 4.69) is 17.2 Å². The van der Waals surface area contributed by atoms with Crippen molar-refractivity contribution in [3.8, 4) is 0 Å². The van der Waals surface area contributed by atoms with Crippen LogP contribution in [-0.2, 0) is 30.5 Å². The lowest BCUT2D eigenvalue weighted by molar-refractivity contribution is -0.170. The smallest absolute Gasteiger partial charge is 0.306 e. The molecule has 0 aromatic carbocycles. The van der Waals surface area contributed by atoms with Crippen LogP contribution in [0, 0.1) is 28.6 Å². The van der Waals surface area contributed by atoms with Gasteiger partial charge in [-0.2, -0.15) is 0 Å². The van der Waals surface area contributed by atoms with Gasteiger partial charge in [0.2, 0.25) is 11.7 Å². The van der Waals surface area contributed by atoms with Crippen molar-refractivity contribution >= 4 is 23.4 Å². The highest BCUT2D eigenvalue weighted by Crippen LogP contribution is 2.67. The first-order valence-electron chi connectivity index (χ1n) is 14.4. The Morgan fingerprint density at radius 1 is 1.08 bits per heavy atom. The summed E-state index contributed by atoms with van der Waals surface area (Å²) in [6.45, 7) is 4.21. The predicted molar refractivity (Wildman–Crippen MR) is 143 cm³/mol. The quantitative estimate of drug-likeness (QED) is 0.484. The maximum absolute atomic E-state index is 13.4. The highest BCUT2D eigenvalue weighted by Gasteiger charge is 2.66. The van der Waals surface area contributed by atoms with Gasteiger partial charge in [0.05, 0.1) is 6.42 Å². The standard InChI is InChI=1S/C31H40N2O6/c1-29-12-9-22(34)16-21(29)5-6-23-24(29)10-13-30(2)25(23)11-14-31(30,38)26(35)19-39-28(37)8-7-27(36)33-18-20-4-3-15-32-17-20/h3-4,15-17,23-25,38H,5-14,18-19H2,1-2H3,(H,33,36)/t23-,24+,25+,29+,30+,31+/m1/s1. The molecule has 39 heavy (non-hydrogen) atoms. The second-order valence-electron chi connectivity index (χ2n) is 12.5. The number of amides is 1. The molecule has 0 saturated heterocycles. The number of carbonyl (C=O) groups is 4. The predicted octanol–water partition coefficient (Wildman–Crippen LogP) is 3.85. The minimum Gasteiger partial charge on any atom is -0.458 e. The van der Waals surface area contributed by atoms with E-state index in [1.807, 2.05) is 19.1 Å². The fourth-order valence-electron chi connectivity index (χ4n) is 8.38. The van der Waals surface area contributed by atoms with E-state index in [4.69, 9.17) is 4.74 Å². The first-order chi connectivity index (χ1) is 18.6. The van der Waals surface area contributed by atoms with Crippen LogP contribution in [0.15, 0.2) is 36.2 Å². The van der Waals surface area contributed by atoms with E-state index in [0.29, 0.717) is 31.2 Å². The zero-order chi connectivity index (χ0) is 27.8. The SMILES string of the molecule is C[C@]12CCC(=O)C=C1CC[C@@H]1[C@@H]2CC[C@@]2(C)[C@H]1CC[C@]2(O)C(=O)COC(=O)CCC(=O)NCc1cccnc1. The number of nitrogens with one attached hydrogen (secondary N) is 1. The molecule has 4 aliphatic carbocycles. The minimum atomic E-state index is -1.52. The van der Waals surface area contributed by atoms with Crippen molar-refractivity contribution in [2.24, 2.45) is 28.6 Å². The van der Waals surface area contributed by atoms with E-state index in [0.717, 1.165) is 44.1 Å². The number of aliphatic hydroxyl groups is 1. The van der Waals surface area contributed by atoms with E-state index >= 15 is 0 Å². The molecule has 1 heterocycles. The third-order valence-corrected chi connectivity index (χ3v) is 10.7. The van der Waals surface area contributed by atoms with Crippen molar-refractivity contribution in [1.82, 2.24) is 10.3 Å². The van der Waals surface area contributed by atoms with Gasteiger partial charge in [0, 0.05) is 37.2 Å². The zero-order valence-electron chi connectivity index (χ0n) is 23.0. The third-order valence-electron chi connectivity index (χ3n) is 10.7. The Hall–Kier alpha value is -2.87. The first kappa shape index (κ1) is 27.7. The number of fused-ring (bicyclic) bond motifs is 5. The van der Waals surface area contributed by atoms with Crippen molar-refractivity contribution < 1.29 is 29.0 Å². The Balaban J connectivity index is 1.15. The van der Waals surface area contributed by atoms with Gasteiger partial charge in [-0.1, -0.05) is 25.5 Å². The van der Waals surface area contributed by atoms with Crippen LogP contribution >= 0.6 is 0 Å². The summed E-state index contributed by atoms with van der Waals surface area (Å²) in [6.07, 6.45) is 11.2. The highest BCUT2D eigenvalue weighted by atomic mass is 16.5. The van der Waals surface area contributed by atoms with Gasteiger partial charge in [-0.25, -0.2) is 0 Å². The Morgan fingerprint density at radius 2 is 1.87 bits per heavy atom. The number of carbonyl (C=O) groups excluding carboxylic acids is 4. The molecule has 0 unspecified atom stereocenters. The van der Waals surface area contributed by atoms with Gasteiger partial charge < -0.3 is 15.2 Å². The Labute approximate surface area is 230 Å². The average Bonchev–Trinajstić information content (AvgIpc) is 3.21. The van der Waals surface area contributed by atoms with Crippen LogP contribution in [0.3, 0.4) is 0 Å². The van der Waals surface area contributed by atoms with Crippen molar-refractivity contribution in [1.29, 1.82) is 0 Å². The fraction of sp³-hybridized carbons (Fsp3) is 0.645. The molecule has 2 N–H and O–H groups in total. The number of hydrogen-bond donors (Lipinski definition) is 2. The van der Waals surface area contributed by atoms with Crippen LogP contribution in [0.25, 0.3) is 0 Å². The topological polar surface area (TPSA) is 123 Å². The summed E-state index contributed by atoms with van der Waals surface area (Å²) in [5.74, 6) is -0.0192. The van der Waals surface area contributed by atoms with Gasteiger partial charge in [0.25, 0.3) is 0 Å². The van der Waals surface area contributed by atoms with Gasteiger partial charge in [-0.3, -0.25) is 24.2 Å². The summed E-state index contributed by atoms with van der Waals surface area (Å²) in [5.41, 5.74) is 0.0985. The molecule has 3 fully saturated rings. The van der Waals surface area contributed by atoms with E-state index in [1.54, 1.807) is 18.5 Å². The lowest BCUT2D eigenvalue weighted by atomic mass is 9.46. The third kappa shape index (κ3) is 4.96. The van der Waals surface area contributed by atoms with Crippen molar-refractivity contribution in [3.63, 3.8) is 0 Å².